The van der Waals surface area contributed by atoms with Crippen LogP contribution in [-0.4, -0.2) is 53.1 Å². The van der Waals surface area contributed by atoms with Crippen LogP contribution in [-0.2, 0) is 22.5 Å². The molecule has 3 aliphatic rings. The number of amides is 1. The zero-order valence-corrected chi connectivity index (χ0v) is 13.2. The summed E-state index contributed by atoms with van der Waals surface area (Å²) < 4.78 is 5.47. The molecule has 1 atom stereocenters. The molecule has 23 heavy (non-hydrogen) atoms. The quantitative estimate of drug-likeness (QED) is 0.856. The van der Waals surface area contributed by atoms with Crippen LogP contribution in [0.5, 0.6) is 0 Å². The van der Waals surface area contributed by atoms with Gasteiger partial charge in [0.2, 0.25) is 5.95 Å². The number of H-pyrrole nitrogens is 1. The molecule has 4 rings (SSSR count). The molecule has 2 saturated heterocycles. The zero-order chi connectivity index (χ0) is 15.8. The molecule has 1 aromatic heterocycles. The number of fused-ring (bicyclic) bond motifs is 1. The van der Waals surface area contributed by atoms with Gasteiger partial charge in [-0.15, -0.1) is 0 Å². The monoisotopic (exact) mass is 318 g/mol. The van der Waals surface area contributed by atoms with E-state index in [9.17, 15) is 9.59 Å². The standard InChI is InChI=1S/C16H22N4O3/c21-14-11-10-20(15(22)13-4-3-9-23-13)8-5-12(11)17-16(18-14)19-6-1-2-7-19/h13H,1-10H2,(H,17,18,21). The van der Waals surface area contributed by atoms with Gasteiger partial charge in [-0.1, -0.05) is 0 Å². The maximum atomic E-state index is 12.5. The minimum atomic E-state index is -0.326. The Balaban J connectivity index is 1.55. The van der Waals surface area contributed by atoms with Crippen molar-refractivity contribution in [3.63, 3.8) is 0 Å². The van der Waals surface area contributed by atoms with Crippen molar-refractivity contribution in [1.82, 2.24) is 14.9 Å². The van der Waals surface area contributed by atoms with E-state index in [0.717, 1.165) is 44.5 Å². The second-order valence-corrected chi connectivity index (χ2v) is 6.52. The van der Waals surface area contributed by atoms with Gasteiger partial charge >= 0.3 is 0 Å². The van der Waals surface area contributed by atoms with E-state index in [-0.39, 0.29) is 17.6 Å². The predicted octanol–water partition coefficient (Wildman–Crippen LogP) is 0.434. The molecule has 1 N–H and O–H groups in total. The first-order valence-corrected chi connectivity index (χ1v) is 8.50. The average molecular weight is 318 g/mol. The van der Waals surface area contributed by atoms with Crippen molar-refractivity contribution in [2.24, 2.45) is 0 Å². The summed E-state index contributed by atoms with van der Waals surface area (Å²) in [7, 11) is 0. The Bertz CT molecular complexity index is 660. The third-order valence-electron chi connectivity index (χ3n) is 4.98. The second-order valence-electron chi connectivity index (χ2n) is 6.52. The van der Waals surface area contributed by atoms with Crippen LogP contribution in [0.4, 0.5) is 5.95 Å². The summed E-state index contributed by atoms with van der Waals surface area (Å²) in [4.78, 5) is 36.3. The van der Waals surface area contributed by atoms with Crippen molar-refractivity contribution in [1.29, 1.82) is 0 Å². The molecule has 0 aliphatic carbocycles. The Labute approximate surface area is 134 Å². The molecule has 1 amide bonds. The van der Waals surface area contributed by atoms with Crippen LogP contribution in [0.1, 0.15) is 36.9 Å². The smallest absolute Gasteiger partial charge is 0.257 e. The highest BCUT2D eigenvalue weighted by Gasteiger charge is 2.32. The highest BCUT2D eigenvalue weighted by molar-refractivity contribution is 5.81. The number of anilines is 1. The minimum Gasteiger partial charge on any atom is -0.368 e. The van der Waals surface area contributed by atoms with Gasteiger partial charge in [-0.2, -0.15) is 0 Å². The van der Waals surface area contributed by atoms with Crippen LogP contribution in [0.3, 0.4) is 0 Å². The molecule has 1 unspecified atom stereocenters. The molecule has 0 aromatic carbocycles. The lowest BCUT2D eigenvalue weighted by molar-refractivity contribution is -0.141. The Hall–Kier alpha value is -1.89. The van der Waals surface area contributed by atoms with Crippen LogP contribution in [0.2, 0.25) is 0 Å². The second kappa shape index (κ2) is 5.96. The Morgan fingerprint density at radius 1 is 1.22 bits per heavy atom. The van der Waals surface area contributed by atoms with Crippen LogP contribution in [0.25, 0.3) is 0 Å². The first-order valence-electron chi connectivity index (χ1n) is 8.50. The van der Waals surface area contributed by atoms with Gasteiger partial charge < -0.3 is 14.5 Å². The number of ether oxygens (including phenoxy) is 1. The number of nitrogens with one attached hydrogen (secondary N) is 1. The fraction of sp³-hybridized carbons (Fsp3) is 0.688. The Morgan fingerprint density at radius 3 is 2.78 bits per heavy atom. The number of aromatic nitrogens is 2. The number of nitrogens with zero attached hydrogens (tertiary/aromatic N) is 3. The topological polar surface area (TPSA) is 78.5 Å². The van der Waals surface area contributed by atoms with Gasteiger partial charge in [0.1, 0.15) is 6.10 Å². The highest BCUT2D eigenvalue weighted by atomic mass is 16.5. The Morgan fingerprint density at radius 2 is 2.04 bits per heavy atom. The van der Waals surface area contributed by atoms with Crippen molar-refractivity contribution in [2.75, 3.05) is 31.1 Å². The van der Waals surface area contributed by atoms with E-state index in [1.807, 2.05) is 0 Å². The third-order valence-corrected chi connectivity index (χ3v) is 4.98. The average Bonchev–Trinajstić information content (AvgIpc) is 3.27. The summed E-state index contributed by atoms with van der Waals surface area (Å²) in [5.41, 5.74) is 1.36. The maximum Gasteiger partial charge on any atom is 0.257 e. The molecule has 0 radical (unpaired) electrons. The lowest BCUT2D eigenvalue weighted by atomic mass is 10.1. The van der Waals surface area contributed by atoms with Gasteiger partial charge in [-0.25, -0.2) is 4.98 Å². The number of carbonyl (C=O) groups excluding carboxylic acids is 1. The van der Waals surface area contributed by atoms with Crippen LogP contribution >= 0.6 is 0 Å². The van der Waals surface area contributed by atoms with E-state index in [2.05, 4.69) is 14.9 Å². The predicted molar refractivity (Wildman–Crippen MR) is 84.4 cm³/mol. The minimum absolute atomic E-state index is 0.0103. The largest absolute Gasteiger partial charge is 0.368 e. The van der Waals surface area contributed by atoms with Gasteiger partial charge in [0.15, 0.2) is 0 Å². The molecule has 0 bridgehead atoms. The molecular weight excluding hydrogens is 296 g/mol. The molecule has 3 aliphatic heterocycles. The lowest BCUT2D eigenvalue weighted by Crippen LogP contribution is -2.44. The van der Waals surface area contributed by atoms with Crippen molar-refractivity contribution < 1.29 is 9.53 Å². The van der Waals surface area contributed by atoms with E-state index in [4.69, 9.17) is 4.74 Å². The van der Waals surface area contributed by atoms with Gasteiger partial charge in [0.05, 0.1) is 17.8 Å². The van der Waals surface area contributed by atoms with Gasteiger partial charge in [-0.3, -0.25) is 14.6 Å². The normalized spacial score (nSPS) is 24.1. The van der Waals surface area contributed by atoms with Gasteiger partial charge in [-0.05, 0) is 25.7 Å². The maximum absolute atomic E-state index is 12.5. The summed E-state index contributed by atoms with van der Waals surface area (Å²) in [5.74, 6) is 0.696. The van der Waals surface area contributed by atoms with Gasteiger partial charge in [0.25, 0.3) is 11.5 Å². The van der Waals surface area contributed by atoms with E-state index in [1.165, 1.54) is 0 Å². The van der Waals surface area contributed by atoms with Gasteiger partial charge in [0, 0.05) is 32.7 Å². The number of aromatic amines is 1. The number of rotatable bonds is 2. The fourth-order valence-corrected chi connectivity index (χ4v) is 3.65. The van der Waals surface area contributed by atoms with E-state index >= 15 is 0 Å². The first kappa shape index (κ1) is 14.7. The summed E-state index contributed by atoms with van der Waals surface area (Å²) in [6.45, 7) is 3.51. The van der Waals surface area contributed by atoms with Crippen molar-refractivity contribution >= 4 is 11.9 Å². The molecule has 124 valence electrons. The Kier molecular flexibility index (Phi) is 3.80. The zero-order valence-electron chi connectivity index (χ0n) is 13.2. The molecule has 4 heterocycles. The van der Waals surface area contributed by atoms with Crippen LogP contribution < -0.4 is 10.5 Å². The van der Waals surface area contributed by atoms with Crippen molar-refractivity contribution in [2.45, 2.75) is 44.8 Å². The molecule has 1 aromatic rings. The molecule has 2 fully saturated rings. The fourth-order valence-electron chi connectivity index (χ4n) is 3.65. The molecule has 0 saturated carbocycles. The molecular formula is C16H22N4O3. The van der Waals surface area contributed by atoms with Crippen LogP contribution in [0.15, 0.2) is 4.79 Å². The SMILES string of the molecule is O=C(C1CCCO1)N1CCc2nc(N3CCCC3)[nH]c(=O)c2C1. The first-order chi connectivity index (χ1) is 11.2. The van der Waals surface area contributed by atoms with E-state index in [0.29, 0.717) is 37.6 Å². The molecule has 7 heteroatoms. The van der Waals surface area contributed by atoms with Crippen molar-refractivity contribution in [3.8, 4) is 0 Å². The molecule has 7 nitrogen and oxygen atoms in total. The number of carbonyl (C=O) groups is 1. The lowest BCUT2D eigenvalue weighted by Gasteiger charge is -2.30. The number of hydrogen-bond donors (Lipinski definition) is 1. The van der Waals surface area contributed by atoms with Crippen LogP contribution in [0, 0.1) is 0 Å². The summed E-state index contributed by atoms with van der Waals surface area (Å²) >= 11 is 0. The van der Waals surface area contributed by atoms with E-state index < -0.39 is 0 Å². The summed E-state index contributed by atoms with van der Waals surface area (Å²) in [5, 5.41) is 0. The van der Waals surface area contributed by atoms with Crippen molar-refractivity contribution in [3.05, 3.63) is 21.6 Å². The van der Waals surface area contributed by atoms with E-state index in [1.54, 1.807) is 4.90 Å². The molecule has 0 spiro atoms. The number of hydrogen-bond acceptors (Lipinski definition) is 5. The summed E-state index contributed by atoms with van der Waals surface area (Å²) in [6.07, 6.45) is 4.31. The third kappa shape index (κ3) is 2.73. The summed E-state index contributed by atoms with van der Waals surface area (Å²) in [6, 6.07) is 0. The highest BCUT2D eigenvalue weighted by Crippen LogP contribution is 2.22.